The summed E-state index contributed by atoms with van der Waals surface area (Å²) in [5.41, 5.74) is 0.683. The van der Waals surface area contributed by atoms with Crippen LogP contribution in [0.25, 0.3) is 0 Å². The van der Waals surface area contributed by atoms with Gasteiger partial charge in [0.2, 0.25) is 0 Å². The van der Waals surface area contributed by atoms with Crippen LogP contribution in [0.4, 0.5) is 0 Å². The van der Waals surface area contributed by atoms with Crippen LogP contribution in [0.15, 0.2) is 0 Å². The van der Waals surface area contributed by atoms with Gasteiger partial charge in [-0.2, -0.15) is 0 Å². The van der Waals surface area contributed by atoms with Crippen molar-refractivity contribution >= 4 is 0 Å². The fourth-order valence-electron chi connectivity index (χ4n) is 2.85. The first-order valence-electron chi connectivity index (χ1n) is 5.30. The molecule has 0 saturated carbocycles. The molecule has 2 fully saturated rings. The SMILES string of the molecule is CNCCN1CCC2(CN(C)C2)C1. The molecule has 2 aliphatic rings. The van der Waals surface area contributed by atoms with E-state index in [1.165, 1.54) is 39.1 Å². The molecule has 0 aromatic rings. The predicted octanol–water partition coefficient (Wildman–Crippen LogP) is -0.157. The van der Waals surface area contributed by atoms with E-state index in [2.05, 4.69) is 22.2 Å². The molecule has 3 heteroatoms. The van der Waals surface area contributed by atoms with Crippen LogP contribution in [0, 0.1) is 5.41 Å². The number of likely N-dealkylation sites (tertiary alicyclic amines) is 2. The summed E-state index contributed by atoms with van der Waals surface area (Å²) in [7, 11) is 4.25. The Labute approximate surface area is 81.1 Å². The molecule has 2 rings (SSSR count). The van der Waals surface area contributed by atoms with E-state index in [4.69, 9.17) is 0 Å². The van der Waals surface area contributed by atoms with E-state index < -0.39 is 0 Å². The molecule has 0 bridgehead atoms. The topological polar surface area (TPSA) is 18.5 Å². The highest BCUT2D eigenvalue weighted by Gasteiger charge is 2.45. The minimum Gasteiger partial charge on any atom is -0.318 e. The highest BCUT2D eigenvalue weighted by Crippen LogP contribution is 2.38. The zero-order chi connectivity index (χ0) is 9.31. The molecule has 1 spiro atoms. The van der Waals surface area contributed by atoms with E-state index >= 15 is 0 Å². The zero-order valence-corrected chi connectivity index (χ0v) is 8.84. The van der Waals surface area contributed by atoms with Crippen LogP contribution < -0.4 is 5.32 Å². The summed E-state index contributed by atoms with van der Waals surface area (Å²) < 4.78 is 0. The van der Waals surface area contributed by atoms with Gasteiger partial charge in [0, 0.05) is 38.1 Å². The van der Waals surface area contributed by atoms with Crippen molar-refractivity contribution in [3.05, 3.63) is 0 Å². The van der Waals surface area contributed by atoms with Crippen molar-refractivity contribution < 1.29 is 0 Å². The van der Waals surface area contributed by atoms with Gasteiger partial charge in [-0.15, -0.1) is 0 Å². The van der Waals surface area contributed by atoms with Crippen LogP contribution in [0.2, 0.25) is 0 Å². The third kappa shape index (κ3) is 1.87. The van der Waals surface area contributed by atoms with Crippen molar-refractivity contribution in [2.45, 2.75) is 6.42 Å². The van der Waals surface area contributed by atoms with Gasteiger partial charge in [0.25, 0.3) is 0 Å². The van der Waals surface area contributed by atoms with Gasteiger partial charge < -0.3 is 15.1 Å². The molecule has 2 aliphatic heterocycles. The lowest BCUT2D eigenvalue weighted by atomic mass is 9.79. The van der Waals surface area contributed by atoms with Crippen molar-refractivity contribution in [2.24, 2.45) is 5.41 Å². The van der Waals surface area contributed by atoms with E-state index in [1.54, 1.807) is 0 Å². The Kier molecular flexibility index (Phi) is 2.58. The second-order valence-electron chi connectivity index (χ2n) is 4.80. The van der Waals surface area contributed by atoms with Gasteiger partial charge in [-0.05, 0) is 27.1 Å². The van der Waals surface area contributed by atoms with Crippen LogP contribution in [0.3, 0.4) is 0 Å². The normalized spacial score (nSPS) is 28.2. The monoisotopic (exact) mass is 183 g/mol. The molecule has 0 aliphatic carbocycles. The summed E-state index contributed by atoms with van der Waals surface area (Å²) in [6, 6.07) is 0. The Bertz CT molecular complexity index is 175. The van der Waals surface area contributed by atoms with Crippen LogP contribution >= 0.6 is 0 Å². The van der Waals surface area contributed by atoms with Crippen LogP contribution in [0.1, 0.15) is 6.42 Å². The van der Waals surface area contributed by atoms with E-state index in [1.807, 2.05) is 7.05 Å². The van der Waals surface area contributed by atoms with Gasteiger partial charge in [0.05, 0.1) is 0 Å². The maximum Gasteiger partial charge on any atom is 0.0107 e. The second-order valence-corrected chi connectivity index (χ2v) is 4.80. The zero-order valence-electron chi connectivity index (χ0n) is 8.84. The maximum absolute atomic E-state index is 3.21. The standard InChI is InChI=1S/C10H21N3/c1-11-4-6-13-5-3-10(9-13)7-12(2)8-10/h11H,3-9H2,1-2H3. The highest BCUT2D eigenvalue weighted by molar-refractivity contribution is 5.00. The van der Waals surface area contributed by atoms with Gasteiger partial charge in [-0.1, -0.05) is 0 Å². The first-order chi connectivity index (χ1) is 6.24. The average molecular weight is 183 g/mol. The lowest BCUT2D eigenvalue weighted by Gasteiger charge is -2.46. The first-order valence-corrected chi connectivity index (χ1v) is 5.30. The fraction of sp³-hybridized carbons (Fsp3) is 1.00. The van der Waals surface area contributed by atoms with Crippen molar-refractivity contribution in [3.63, 3.8) is 0 Å². The van der Waals surface area contributed by atoms with Crippen molar-refractivity contribution in [2.75, 3.05) is 53.4 Å². The van der Waals surface area contributed by atoms with Crippen LogP contribution in [-0.4, -0.2) is 63.2 Å². The minimum absolute atomic E-state index is 0.683. The molecule has 3 nitrogen and oxygen atoms in total. The molecular weight excluding hydrogens is 162 g/mol. The van der Waals surface area contributed by atoms with Crippen molar-refractivity contribution in [1.29, 1.82) is 0 Å². The third-order valence-electron chi connectivity index (χ3n) is 3.41. The largest absolute Gasteiger partial charge is 0.318 e. The average Bonchev–Trinajstić information content (AvgIpc) is 2.45. The summed E-state index contributed by atoms with van der Waals surface area (Å²) >= 11 is 0. The number of hydrogen-bond acceptors (Lipinski definition) is 3. The molecule has 13 heavy (non-hydrogen) atoms. The Hall–Kier alpha value is -0.120. The minimum atomic E-state index is 0.683. The van der Waals surface area contributed by atoms with Gasteiger partial charge in [0.1, 0.15) is 0 Å². The summed E-state index contributed by atoms with van der Waals surface area (Å²) in [4.78, 5) is 5.03. The summed E-state index contributed by atoms with van der Waals surface area (Å²) in [6.07, 6.45) is 1.42. The van der Waals surface area contributed by atoms with E-state index in [0.717, 1.165) is 6.54 Å². The molecule has 76 valence electrons. The van der Waals surface area contributed by atoms with Gasteiger partial charge in [-0.3, -0.25) is 0 Å². The summed E-state index contributed by atoms with van der Waals surface area (Å²) in [6.45, 7) is 7.65. The predicted molar refractivity (Wildman–Crippen MR) is 54.9 cm³/mol. The van der Waals surface area contributed by atoms with E-state index in [9.17, 15) is 0 Å². The number of rotatable bonds is 3. The number of hydrogen-bond donors (Lipinski definition) is 1. The van der Waals surface area contributed by atoms with Crippen LogP contribution in [0.5, 0.6) is 0 Å². The molecule has 2 saturated heterocycles. The number of nitrogens with one attached hydrogen (secondary N) is 1. The molecule has 0 radical (unpaired) electrons. The molecule has 0 aromatic carbocycles. The number of likely N-dealkylation sites (N-methyl/N-ethyl adjacent to an activating group) is 1. The van der Waals surface area contributed by atoms with Gasteiger partial charge in [-0.25, -0.2) is 0 Å². The fourth-order valence-corrected chi connectivity index (χ4v) is 2.85. The maximum atomic E-state index is 3.21. The van der Waals surface area contributed by atoms with Crippen molar-refractivity contribution in [1.82, 2.24) is 15.1 Å². The highest BCUT2D eigenvalue weighted by atomic mass is 15.3. The molecule has 2 heterocycles. The van der Waals surface area contributed by atoms with Crippen LogP contribution in [-0.2, 0) is 0 Å². The lowest BCUT2D eigenvalue weighted by Crippen LogP contribution is -2.55. The molecule has 0 unspecified atom stereocenters. The first kappa shape index (κ1) is 9.44. The van der Waals surface area contributed by atoms with E-state index in [-0.39, 0.29) is 0 Å². The molecular formula is C10H21N3. The smallest absolute Gasteiger partial charge is 0.0107 e. The summed E-state index contributed by atoms with van der Waals surface area (Å²) in [5.74, 6) is 0. The molecule has 0 amide bonds. The van der Waals surface area contributed by atoms with Gasteiger partial charge >= 0.3 is 0 Å². The Morgan fingerprint density at radius 3 is 2.69 bits per heavy atom. The quantitative estimate of drug-likeness (QED) is 0.656. The Balaban J connectivity index is 1.75. The van der Waals surface area contributed by atoms with E-state index in [0.29, 0.717) is 5.41 Å². The molecule has 0 aromatic heterocycles. The Morgan fingerprint density at radius 1 is 1.31 bits per heavy atom. The second kappa shape index (κ2) is 3.56. The Morgan fingerprint density at radius 2 is 2.08 bits per heavy atom. The lowest BCUT2D eigenvalue weighted by molar-refractivity contribution is 0.0309. The molecule has 1 N–H and O–H groups in total. The van der Waals surface area contributed by atoms with Crippen molar-refractivity contribution in [3.8, 4) is 0 Å². The number of nitrogens with zero attached hydrogens (tertiary/aromatic N) is 2. The third-order valence-corrected chi connectivity index (χ3v) is 3.41. The summed E-state index contributed by atoms with van der Waals surface area (Å²) in [5, 5.41) is 3.21. The van der Waals surface area contributed by atoms with Gasteiger partial charge in [0.15, 0.2) is 0 Å². The molecule has 0 atom stereocenters.